The van der Waals surface area contributed by atoms with Crippen LogP contribution in [0.15, 0.2) is 30.3 Å². The van der Waals surface area contributed by atoms with Crippen molar-refractivity contribution in [1.82, 2.24) is 0 Å². The van der Waals surface area contributed by atoms with Gasteiger partial charge in [0.05, 0.1) is 6.61 Å². The van der Waals surface area contributed by atoms with Gasteiger partial charge in [-0.15, -0.1) is 0 Å². The molecule has 0 aliphatic heterocycles. The Bertz CT molecular complexity index is 371. The maximum absolute atomic E-state index is 10.2. The Morgan fingerprint density at radius 1 is 1.16 bits per heavy atom. The van der Waals surface area contributed by atoms with E-state index in [9.17, 15) is 20.4 Å². The van der Waals surface area contributed by atoms with Gasteiger partial charge >= 0.3 is 0 Å². The number of benzene rings is 1. The minimum atomic E-state index is -2.06. The lowest BCUT2D eigenvalue weighted by molar-refractivity contribution is -0.270. The van der Waals surface area contributed by atoms with E-state index in [2.05, 4.69) is 0 Å². The van der Waals surface area contributed by atoms with Crippen molar-refractivity contribution in [2.24, 2.45) is 0 Å². The Balaban J connectivity index is 2.84. The van der Waals surface area contributed by atoms with Crippen LogP contribution in [0, 0.1) is 0 Å². The van der Waals surface area contributed by atoms with E-state index in [1.165, 1.54) is 7.11 Å². The Morgan fingerprint density at radius 2 is 1.74 bits per heavy atom. The van der Waals surface area contributed by atoms with Crippen LogP contribution in [0.25, 0.3) is 0 Å². The Hall–Kier alpha value is -1.02. The third-order valence-corrected chi connectivity index (χ3v) is 3.02. The Kier molecular flexibility index (Phi) is 5.86. The number of hydrogen-bond donors (Lipinski definition) is 5. The maximum atomic E-state index is 10.2. The zero-order valence-corrected chi connectivity index (χ0v) is 10.7. The molecule has 6 nitrogen and oxygen atoms in total. The third kappa shape index (κ3) is 3.97. The highest BCUT2D eigenvalue weighted by molar-refractivity contribution is 5.17. The Morgan fingerprint density at radius 3 is 2.21 bits per heavy atom. The summed E-state index contributed by atoms with van der Waals surface area (Å²) in [5, 5.41) is 47.8. The van der Waals surface area contributed by atoms with Gasteiger partial charge in [-0.1, -0.05) is 30.3 Å². The highest BCUT2D eigenvalue weighted by Crippen LogP contribution is 2.22. The molecule has 1 aromatic rings. The lowest BCUT2D eigenvalue weighted by Crippen LogP contribution is -2.56. The fourth-order valence-electron chi connectivity index (χ4n) is 1.77. The summed E-state index contributed by atoms with van der Waals surface area (Å²) >= 11 is 0. The number of rotatable bonds is 7. The monoisotopic (exact) mass is 272 g/mol. The number of aliphatic hydroxyl groups excluding tert-OH is 4. The Labute approximate surface area is 111 Å². The molecule has 4 unspecified atom stereocenters. The molecule has 0 saturated carbocycles. The second kappa shape index (κ2) is 6.95. The smallest absolute Gasteiger partial charge is 0.198 e. The van der Waals surface area contributed by atoms with Gasteiger partial charge in [0.25, 0.3) is 0 Å². The first-order chi connectivity index (χ1) is 8.94. The van der Waals surface area contributed by atoms with Gasteiger partial charge in [-0.3, -0.25) is 0 Å². The molecular formula is C13H20O6. The molecule has 6 heteroatoms. The molecule has 5 N–H and O–H groups in total. The van der Waals surface area contributed by atoms with Gasteiger partial charge in [0, 0.05) is 13.5 Å². The van der Waals surface area contributed by atoms with Crippen LogP contribution >= 0.6 is 0 Å². The summed E-state index contributed by atoms with van der Waals surface area (Å²) in [6.07, 6.45) is -5.12. The van der Waals surface area contributed by atoms with Crippen molar-refractivity contribution in [2.75, 3.05) is 13.7 Å². The lowest BCUT2D eigenvalue weighted by Gasteiger charge is -2.35. The molecular weight excluding hydrogens is 252 g/mol. The molecule has 4 atom stereocenters. The number of aliphatic hydroxyl groups is 5. The second-order valence-electron chi connectivity index (χ2n) is 4.40. The third-order valence-electron chi connectivity index (χ3n) is 3.02. The highest BCUT2D eigenvalue weighted by Gasteiger charge is 2.42. The summed E-state index contributed by atoms with van der Waals surface area (Å²) in [7, 11) is 1.18. The van der Waals surface area contributed by atoms with Crippen molar-refractivity contribution in [3.8, 4) is 0 Å². The topological polar surface area (TPSA) is 110 Å². The van der Waals surface area contributed by atoms with E-state index in [0.29, 0.717) is 5.56 Å². The molecule has 0 fully saturated rings. The van der Waals surface area contributed by atoms with E-state index < -0.39 is 30.7 Å². The first-order valence-electron chi connectivity index (χ1n) is 5.91. The van der Waals surface area contributed by atoms with E-state index in [0.717, 1.165) is 0 Å². The standard InChI is InChI=1S/C13H20O6/c1-19-13(18,7-9-5-3-2-4-6-9)12(17)11(16)10(15)8-14/h2-6,10-12,14-18H,7-8H2,1H3. The van der Waals surface area contributed by atoms with Gasteiger partial charge in [0.2, 0.25) is 0 Å². The highest BCUT2D eigenvalue weighted by atomic mass is 16.6. The average Bonchev–Trinajstić information content (AvgIpc) is 2.45. The van der Waals surface area contributed by atoms with Gasteiger partial charge in [-0.05, 0) is 5.56 Å². The van der Waals surface area contributed by atoms with Crippen molar-refractivity contribution in [3.05, 3.63) is 35.9 Å². The predicted molar refractivity (Wildman–Crippen MR) is 67.2 cm³/mol. The fraction of sp³-hybridized carbons (Fsp3) is 0.538. The zero-order valence-electron chi connectivity index (χ0n) is 10.7. The molecule has 0 saturated heterocycles. The quantitative estimate of drug-likeness (QED) is 0.392. The van der Waals surface area contributed by atoms with Crippen molar-refractivity contribution < 1.29 is 30.3 Å². The summed E-state index contributed by atoms with van der Waals surface area (Å²) in [4.78, 5) is 0. The summed E-state index contributed by atoms with van der Waals surface area (Å²) in [6.45, 7) is -0.733. The van der Waals surface area contributed by atoms with Gasteiger partial charge in [-0.2, -0.15) is 0 Å². The SMILES string of the molecule is COC(O)(Cc1ccccc1)C(O)C(O)C(O)CO. The van der Waals surface area contributed by atoms with Gasteiger partial charge < -0.3 is 30.3 Å². The fourth-order valence-corrected chi connectivity index (χ4v) is 1.77. The van der Waals surface area contributed by atoms with Crippen LogP contribution in [-0.4, -0.2) is 63.3 Å². The van der Waals surface area contributed by atoms with E-state index in [1.54, 1.807) is 30.3 Å². The van der Waals surface area contributed by atoms with Gasteiger partial charge in [-0.25, -0.2) is 0 Å². The van der Waals surface area contributed by atoms with Gasteiger partial charge in [0.1, 0.15) is 18.3 Å². The van der Waals surface area contributed by atoms with E-state index in [1.807, 2.05) is 0 Å². The summed E-state index contributed by atoms with van der Waals surface area (Å²) < 4.78 is 4.87. The van der Waals surface area contributed by atoms with Crippen LogP contribution in [-0.2, 0) is 11.2 Å². The molecule has 0 aromatic heterocycles. The minimum absolute atomic E-state index is 0.0687. The molecule has 0 spiro atoms. The maximum Gasteiger partial charge on any atom is 0.198 e. The largest absolute Gasteiger partial charge is 0.394 e. The molecule has 19 heavy (non-hydrogen) atoms. The van der Waals surface area contributed by atoms with Crippen LogP contribution in [0.1, 0.15) is 5.56 Å². The van der Waals surface area contributed by atoms with Crippen molar-refractivity contribution in [1.29, 1.82) is 0 Å². The summed E-state index contributed by atoms with van der Waals surface area (Å²) in [5.74, 6) is -2.06. The predicted octanol–water partition coefficient (Wildman–Crippen LogP) is -1.36. The lowest BCUT2D eigenvalue weighted by atomic mass is 9.94. The zero-order chi connectivity index (χ0) is 14.5. The molecule has 1 aromatic carbocycles. The normalized spacial score (nSPS) is 19.5. The van der Waals surface area contributed by atoms with Crippen molar-refractivity contribution in [2.45, 2.75) is 30.5 Å². The van der Waals surface area contributed by atoms with Crippen LogP contribution in [0.3, 0.4) is 0 Å². The molecule has 1 rings (SSSR count). The van der Waals surface area contributed by atoms with Crippen LogP contribution in [0.4, 0.5) is 0 Å². The van der Waals surface area contributed by atoms with E-state index >= 15 is 0 Å². The molecule has 0 heterocycles. The number of hydrogen-bond acceptors (Lipinski definition) is 6. The molecule has 0 bridgehead atoms. The van der Waals surface area contributed by atoms with Gasteiger partial charge in [0.15, 0.2) is 5.79 Å². The molecule has 0 aliphatic carbocycles. The van der Waals surface area contributed by atoms with Crippen molar-refractivity contribution >= 4 is 0 Å². The molecule has 0 amide bonds. The van der Waals surface area contributed by atoms with Crippen molar-refractivity contribution in [3.63, 3.8) is 0 Å². The first-order valence-corrected chi connectivity index (χ1v) is 5.91. The van der Waals surface area contributed by atoms with Crippen LogP contribution in [0.5, 0.6) is 0 Å². The number of ether oxygens (including phenoxy) is 1. The summed E-state index contributed by atoms with van der Waals surface area (Å²) in [5.41, 5.74) is 0.691. The summed E-state index contributed by atoms with van der Waals surface area (Å²) in [6, 6.07) is 8.78. The second-order valence-corrected chi connectivity index (χ2v) is 4.40. The average molecular weight is 272 g/mol. The number of methoxy groups -OCH3 is 1. The van der Waals surface area contributed by atoms with E-state index in [-0.39, 0.29) is 6.42 Å². The molecule has 0 aliphatic rings. The first kappa shape index (κ1) is 16.0. The van der Waals surface area contributed by atoms with E-state index in [4.69, 9.17) is 9.84 Å². The van der Waals surface area contributed by atoms with Crippen LogP contribution in [0.2, 0.25) is 0 Å². The molecule has 108 valence electrons. The minimum Gasteiger partial charge on any atom is -0.394 e. The van der Waals surface area contributed by atoms with Crippen LogP contribution < -0.4 is 0 Å². The molecule has 0 radical (unpaired) electrons.